The molecule has 0 saturated heterocycles. The number of halogens is 5. The van der Waals surface area contributed by atoms with Crippen molar-refractivity contribution in [3.63, 3.8) is 0 Å². The predicted octanol–water partition coefficient (Wildman–Crippen LogP) is 7.04. The van der Waals surface area contributed by atoms with Crippen molar-refractivity contribution in [1.82, 2.24) is 0 Å². The van der Waals surface area contributed by atoms with Crippen LogP contribution in [0.15, 0.2) is 24.3 Å². The van der Waals surface area contributed by atoms with Crippen LogP contribution in [0.5, 0.6) is 5.75 Å². The van der Waals surface area contributed by atoms with Gasteiger partial charge >= 0.3 is 0 Å². The van der Waals surface area contributed by atoms with Gasteiger partial charge in [-0.05, 0) is 66.8 Å². The van der Waals surface area contributed by atoms with Crippen molar-refractivity contribution in [3.05, 3.63) is 64.5 Å². The van der Waals surface area contributed by atoms with E-state index in [4.69, 9.17) is 4.74 Å². The molecule has 0 aliphatic heterocycles. The first-order valence-electron chi connectivity index (χ1n) is 9.64. The van der Waals surface area contributed by atoms with E-state index in [1.54, 1.807) is 0 Å². The molecule has 28 heavy (non-hydrogen) atoms. The average Bonchev–Trinajstić information content (AvgIpc) is 2.68. The van der Waals surface area contributed by atoms with Crippen LogP contribution < -0.4 is 4.74 Å². The Bertz CT molecular complexity index is 805. The summed E-state index contributed by atoms with van der Waals surface area (Å²) >= 11 is 0. The van der Waals surface area contributed by atoms with Crippen LogP contribution in [0.25, 0.3) is 0 Å². The SMILES string of the molecule is CCCC1CCC(c2ccc(OCc3cc(F)c(F)c(F)c3)c(F)c2F)CC1. The Morgan fingerprint density at radius 2 is 1.50 bits per heavy atom. The summed E-state index contributed by atoms with van der Waals surface area (Å²) in [7, 11) is 0. The minimum absolute atomic E-state index is 0.0167. The van der Waals surface area contributed by atoms with Gasteiger partial charge in [-0.2, -0.15) is 4.39 Å². The van der Waals surface area contributed by atoms with Crippen molar-refractivity contribution in [2.24, 2.45) is 5.92 Å². The van der Waals surface area contributed by atoms with Crippen LogP contribution >= 0.6 is 0 Å². The number of ether oxygens (including phenoxy) is 1. The van der Waals surface area contributed by atoms with Gasteiger partial charge in [-0.15, -0.1) is 0 Å². The van der Waals surface area contributed by atoms with E-state index in [1.165, 1.54) is 18.6 Å². The van der Waals surface area contributed by atoms with Gasteiger partial charge in [0.2, 0.25) is 5.82 Å². The molecule has 0 spiro atoms. The first-order chi connectivity index (χ1) is 13.4. The van der Waals surface area contributed by atoms with Crippen LogP contribution in [0.1, 0.15) is 62.5 Å². The smallest absolute Gasteiger partial charge is 0.200 e. The van der Waals surface area contributed by atoms with Crippen LogP contribution in [-0.2, 0) is 6.61 Å². The third-order valence-corrected chi connectivity index (χ3v) is 5.50. The molecule has 6 heteroatoms. The lowest BCUT2D eigenvalue weighted by Crippen LogP contribution is -2.15. The molecule has 1 saturated carbocycles. The molecule has 0 bridgehead atoms. The molecule has 0 unspecified atom stereocenters. The van der Waals surface area contributed by atoms with Crippen LogP contribution in [0.4, 0.5) is 22.0 Å². The van der Waals surface area contributed by atoms with Crippen LogP contribution in [-0.4, -0.2) is 0 Å². The normalized spacial score (nSPS) is 19.6. The summed E-state index contributed by atoms with van der Waals surface area (Å²) < 4.78 is 73.6. The van der Waals surface area contributed by atoms with E-state index < -0.39 is 35.7 Å². The van der Waals surface area contributed by atoms with Crippen LogP contribution in [0, 0.1) is 35.0 Å². The zero-order valence-electron chi connectivity index (χ0n) is 15.7. The Balaban J connectivity index is 1.69. The average molecular weight is 398 g/mol. The van der Waals surface area contributed by atoms with Crippen LogP contribution in [0.2, 0.25) is 0 Å². The molecule has 3 rings (SSSR count). The van der Waals surface area contributed by atoms with E-state index in [-0.39, 0.29) is 17.2 Å². The molecular weight excluding hydrogens is 375 g/mol. The fourth-order valence-corrected chi connectivity index (χ4v) is 4.00. The Kier molecular flexibility index (Phi) is 6.57. The first-order valence-corrected chi connectivity index (χ1v) is 9.64. The third-order valence-electron chi connectivity index (χ3n) is 5.50. The van der Waals surface area contributed by atoms with Gasteiger partial charge in [-0.1, -0.05) is 25.8 Å². The zero-order valence-corrected chi connectivity index (χ0v) is 15.7. The first kappa shape index (κ1) is 20.6. The van der Waals surface area contributed by atoms with Gasteiger partial charge in [-0.3, -0.25) is 0 Å². The third kappa shape index (κ3) is 4.47. The van der Waals surface area contributed by atoms with E-state index in [1.807, 2.05) is 0 Å². The Hall–Kier alpha value is -2.11. The maximum atomic E-state index is 14.6. The van der Waals surface area contributed by atoms with Gasteiger partial charge in [0.15, 0.2) is 29.0 Å². The largest absolute Gasteiger partial charge is 0.486 e. The molecule has 0 heterocycles. The number of benzene rings is 2. The fourth-order valence-electron chi connectivity index (χ4n) is 4.00. The lowest BCUT2D eigenvalue weighted by Gasteiger charge is -2.29. The molecular formula is C22H23F5O. The molecule has 1 fully saturated rings. The maximum Gasteiger partial charge on any atom is 0.200 e. The van der Waals surface area contributed by atoms with Crippen molar-refractivity contribution in [2.75, 3.05) is 0 Å². The maximum absolute atomic E-state index is 14.6. The van der Waals surface area contributed by atoms with Crippen molar-refractivity contribution in [1.29, 1.82) is 0 Å². The molecule has 1 aliphatic rings. The summed E-state index contributed by atoms with van der Waals surface area (Å²) in [5, 5.41) is 0. The highest BCUT2D eigenvalue weighted by Gasteiger charge is 2.26. The standard InChI is InChI=1S/C22H23F5O/c1-2-3-13-4-6-15(7-5-13)16-8-9-19(22(27)20(16)25)28-12-14-10-17(23)21(26)18(24)11-14/h8-11,13,15H,2-7,12H2,1H3. The van der Waals surface area contributed by atoms with Gasteiger partial charge in [0.25, 0.3) is 0 Å². The molecule has 0 atom stereocenters. The van der Waals surface area contributed by atoms with Gasteiger partial charge < -0.3 is 4.74 Å². The van der Waals surface area contributed by atoms with Gasteiger partial charge in [0, 0.05) is 0 Å². The van der Waals surface area contributed by atoms with Crippen LogP contribution in [0.3, 0.4) is 0 Å². The summed E-state index contributed by atoms with van der Waals surface area (Å²) in [5.41, 5.74) is 0.327. The number of rotatable bonds is 6. The second-order valence-electron chi connectivity index (χ2n) is 7.45. The molecule has 0 aromatic heterocycles. The molecule has 1 nitrogen and oxygen atoms in total. The number of hydrogen-bond donors (Lipinski definition) is 0. The van der Waals surface area contributed by atoms with E-state index in [2.05, 4.69) is 6.92 Å². The molecule has 2 aromatic carbocycles. The molecule has 2 aromatic rings. The summed E-state index contributed by atoms with van der Waals surface area (Å²) in [4.78, 5) is 0. The monoisotopic (exact) mass is 398 g/mol. The predicted molar refractivity (Wildman–Crippen MR) is 96.6 cm³/mol. The summed E-state index contributed by atoms with van der Waals surface area (Å²) in [6.07, 6.45) is 5.98. The van der Waals surface area contributed by atoms with Gasteiger partial charge in [-0.25, -0.2) is 17.6 Å². The summed E-state index contributed by atoms with van der Waals surface area (Å²) in [6, 6.07) is 4.37. The molecule has 0 amide bonds. The Morgan fingerprint density at radius 1 is 0.857 bits per heavy atom. The van der Waals surface area contributed by atoms with E-state index in [0.717, 1.165) is 44.2 Å². The van der Waals surface area contributed by atoms with E-state index in [0.29, 0.717) is 11.5 Å². The minimum Gasteiger partial charge on any atom is -0.486 e. The minimum atomic E-state index is -1.58. The van der Waals surface area contributed by atoms with E-state index in [9.17, 15) is 22.0 Å². The lowest BCUT2D eigenvalue weighted by atomic mass is 9.77. The quantitative estimate of drug-likeness (QED) is 0.375. The van der Waals surface area contributed by atoms with Crippen molar-refractivity contribution in [2.45, 2.75) is 58.0 Å². The summed E-state index contributed by atoms with van der Waals surface area (Å²) in [6.45, 7) is 1.74. The highest BCUT2D eigenvalue weighted by atomic mass is 19.2. The highest BCUT2D eigenvalue weighted by Crippen LogP contribution is 2.39. The molecule has 152 valence electrons. The lowest BCUT2D eigenvalue weighted by molar-refractivity contribution is 0.278. The van der Waals surface area contributed by atoms with Crippen molar-refractivity contribution < 1.29 is 26.7 Å². The molecule has 0 radical (unpaired) electrons. The second kappa shape index (κ2) is 8.93. The van der Waals surface area contributed by atoms with Crippen molar-refractivity contribution in [3.8, 4) is 5.75 Å². The van der Waals surface area contributed by atoms with Gasteiger partial charge in [0.05, 0.1) is 0 Å². The second-order valence-corrected chi connectivity index (χ2v) is 7.45. The number of hydrogen-bond acceptors (Lipinski definition) is 1. The van der Waals surface area contributed by atoms with Gasteiger partial charge in [0.1, 0.15) is 6.61 Å². The van der Waals surface area contributed by atoms with Crippen molar-refractivity contribution >= 4 is 0 Å². The Morgan fingerprint density at radius 3 is 2.11 bits per heavy atom. The molecule has 1 aliphatic carbocycles. The summed E-state index contributed by atoms with van der Waals surface area (Å²) in [5.74, 6) is -6.06. The topological polar surface area (TPSA) is 9.23 Å². The highest BCUT2D eigenvalue weighted by molar-refractivity contribution is 5.33. The fraction of sp³-hybridized carbons (Fsp3) is 0.455. The Labute approximate surface area is 161 Å². The zero-order chi connectivity index (χ0) is 20.3. The van der Waals surface area contributed by atoms with E-state index >= 15 is 0 Å². The molecule has 0 N–H and O–H groups in total.